The fourth-order valence-corrected chi connectivity index (χ4v) is 2.95. The number of hydrogen-bond acceptors (Lipinski definition) is 1. The number of para-hydroxylation sites is 1. The number of ether oxygens (including phenoxy) is 1. The molecular weight excluding hydrogens is 327 g/mol. The standard InChI is InChI=1S/C16H19O.2ClH.Ti/c1-12(2)17-16-11-7-6-10-15(16)13(3)14-8-4-5-9-14;;;/h4,6-8,10-13H,5H2,1-3H3;2*1H;. The molecule has 2 rings (SSSR count). The van der Waals surface area contributed by atoms with Crippen LogP contribution in [0.4, 0.5) is 0 Å². The van der Waals surface area contributed by atoms with Crippen molar-refractivity contribution in [2.24, 2.45) is 0 Å². The predicted molar refractivity (Wildman–Crippen MR) is 85.9 cm³/mol. The second kappa shape index (κ2) is 8.94. The molecule has 4 heteroatoms. The molecule has 1 aromatic carbocycles. The first-order valence-corrected chi connectivity index (χ1v) is 7.24. The summed E-state index contributed by atoms with van der Waals surface area (Å²) < 4.78 is 7.39. The second-order valence-corrected chi connectivity index (χ2v) is 5.91. The third-order valence-electron chi connectivity index (χ3n) is 3.18. The van der Waals surface area contributed by atoms with Crippen molar-refractivity contribution < 1.29 is 25.2 Å². The van der Waals surface area contributed by atoms with Crippen LogP contribution in [-0.2, 0) is 20.4 Å². The molecule has 1 aliphatic rings. The van der Waals surface area contributed by atoms with Gasteiger partial charge in [0.15, 0.2) is 0 Å². The fraction of sp³-hybridized carbons (Fsp3) is 0.375. The van der Waals surface area contributed by atoms with Crippen LogP contribution in [0, 0.1) is 0 Å². The SMILES string of the molecule is CC(C)Oc1ccccc1C(C)C1=[C]([Ti])CC=C1.Cl.Cl. The van der Waals surface area contributed by atoms with Crippen molar-refractivity contribution >= 4 is 24.8 Å². The maximum atomic E-state index is 5.91. The van der Waals surface area contributed by atoms with Gasteiger partial charge in [-0.25, -0.2) is 0 Å². The molecule has 109 valence electrons. The Hall–Kier alpha value is -0.206. The maximum Gasteiger partial charge on any atom is -0.147 e. The van der Waals surface area contributed by atoms with Crippen LogP contribution in [0.2, 0.25) is 0 Å². The van der Waals surface area contributed by atoms with E-state index in [1.165, 1.54) is 15.0 Å². The Morgan fingerprint density at radius 1 is 1.10 bits per heavy atom. The summed E-state index contributed by atoms with van der Waals surface area (Å²) >= 11 is 2.22. The normalized spacial score (nSPS) is 14.8. The molecule has 1 nitrogen and oxygen atoms in total. The van der Waals surface area contributed by atoms with Gasteiger partial charge in [-0.15, -0.1) is 24.8 Å². The molecule has 0 N–H and O–H groups in total. The van der Waals surface area contributed by atoms with E-state index in [4.69, 9.17) is 4.74 Å². The van der Waals surface area contributed by atoms with Crippen molar-refractivity contribution in [3.05, 3.63) is 51.4 Å². The molecule has 0 amide bonds. The Morgan fingerprint density at radius 2 is 1.75 bits per heavy atom. The molecule has 0 spiro atoms. The van der Waals surface area contributed by atoms with E-state index in [0.29, 0.717) is 5.92 Å². The number of rotatable bonds is 4. The van der Waals surface area contributed by atoms with E-state index in [1.54, 1.807) is 0 Å². The first-order chi connectivity index (χ1) is 8.59. The van der Waals surface area contributed by atoms with Crippen LogP contribution in [-0.4, -0.2) is 6.10 Å². The monoisotopic (exact) mass is 347 g/mol. The molecule has 0 fully saturated rings. The van der Waals surface area contributed by atoms with Gasteiger partial charge < -0.3 is 0 Å². The van der Waals surface area contributed by atoms with Crippen LogP contribution in [0.25, 0.3) is 0 Å². The summed E-state index contributed by atoms with van der Waals surface area (Å²) in [4.78, 5) is 0. The quantitative estimate of drug-likeness (QED) is 0.681. The molecule has 0 bridgehead atoms. The molecule has 0 saturated heterocycles. The Balaban J connectivity index is 0.00000180. The van der Waals surface area contributed by atoms with Crippen molar-refractivity contribution in [1.29, 1.82) is 0 Å². The largest absolute Gasteiger partial charge is 0.147 e. The second-order valence-electron chi connectivity index (χ2n) is 4.97. The van der Waals surface area contributed by atoms with Gasteiger partial charge in [0.2, 0.25) is 0 Å². The maximum absolute atomic E-state index is 5.91. The van der Waals surface area contributed by atoms with Crippen LogP contribution >= 0.6 is 24.8 Å². The summed E-state index contributed by atoms with van der Waals surface area (Å²) in [5, 5.41) is 0. The zero-order valence-corrected chi connectivity index (χ0v) is 15.2. The third-order valence-corrected chi connectivity index (χ3v) is 3.95. The first-order valence-electron chi connectivity index (χ1n) is 6.46. The molecule has 0 aliphatic heterocycles. The Kier molecular flexibility index (Phi) is 8.85. The van der Waals surface area contributed by atoms with Crippen molar-refractivity contribution in [2.45, 2.75) is 39.2 Å². The summed E-state index contributed by atoms with van der Waals surface area (Å²) in [5.74, 6) is 1.42. The summed E-state index contributed by atoms with van der Waals surface area (Å²) in [6.07, 6.45) is 5.80. The molecule has 1 aliphatic carbocycles. The fourth-order valence-electron chi connectivity index (χ4n) is 2.29. The average molecular weight is 348 g/mol. The molecular formula is C16H21Cl2OTi. The van der Waals surface area contributed by atoms with Crippen LogP contribution in [0.5, 0.6) is 5.75 Å². The number of halogens is 2. The van der Waals surface area contributed by atoms with Gasteiger partial charge in [0.05, 0.1) is 0 Å². The first kappa shape index (κ1) is 19.8. The van der Waals surface area contributed by atoms with Gasteiger partial charge in [-0.2, -0.15) is 0 Å². The number of hydrogen-bond donors (Lipinski definition) is 0. The van der Waals surface area contributed by atoms with Crippen molar-refractivity contribution in [2.75, 3.05) is 0 Å². The molecule has 1 aromatic rings. The minimum Gasteiger partial charge on any atom is -0.147 e. The summed E-state index contributed by atoms with van der Waals surface area (Å²) in [5.41, 5.74) is 2.72. The van der Waals surface area contributed by atoms with Crippen molar-refractivity contribution in [3.8, 4) is 5.75 Å². The zero-order valence-electron chi connectivity index (χ0n) is 12.1. The van der Waals surface area contributed by atoms with Gasteiger partial charge in [-0.1, -0.05) is 0 Å². The van der Waals surface area contributed by atoms with E-state index in [1.807, 2.05) is 6.07 Å². The van der Waals surface area contributed by atoms with E-state index in [2.05, 4.69) is 71.6 Å². The zero-order chi connectivity index (χ0) is 13.1. The predicted octanol–water partition coefficient (Wildman–Crippen LogP) is 5.18. The van der Waals surface area contributed by atoms with Gasteiger partial charge in [0.1, 0.15) is 0 Å². The van der Waals surface area contributed by atoms with E-state index >= 15 is 0 Å². The molecule has 1 atom stereocenters. The summed E-state index contributed by atoms with van der Waals surface area (Å²) in [7, 11) is 0. The van der Waals surface area contributed by atoms with Crippen molar-refractivity contribution in [3.63, 3.8) is 0 Å². The van der Waals surface area contributed by atoms with Crippen molar-refractivity contribution in [1.82, 2.24) is 0 Å². The topological polar surface area (TPSA) is 9.23 Å². The molecule has 1 unspecified atom stereocenters. The molecule has 0 saturated carbocycles. The minimum absolute atomic E-state index is 0. The third kappa shape index (κ3) is 4.67. The average Bonchev–Trinajstić information content (AvgIpc) is 2.74. The van der Waals surface area contributed by atoms with E-state index in [0.717, 1.165) is 12.2 Å². The van der Waals surface area contributed by atoms with Gasteiger partial charge in [0.25, 0.3) is 0 Å². The Labute approximate surface area is 146 Å². The van der Waals surface area contributed by atoms with Gasteiger partial charge in [0, 0.05) is 0 Å². The minimum atomic E-state index is 0. The molecule has 0 radical (unpaired) electrons. The van der Waals surface area contributed by atoms with Crippen LogP contribution < -0.4 is 4.74 Å². The number of benzene rings is 1. The van der Waals surface area contributed by atoms with Crippen LogP contribution in [0.3, 0.4) is 0 Å². The van der Waals surface area contributed by atoms with Gasteiger partial charge >= 0.3 is 122 Å². The van der Waals surface area contributed by atoms with Gasteiger partial charge in [-0.05, 0) is 0 Å². The van der Waals surface area contributed by atoms with Crippen LogP contribution in [0.1, 0.15) is 38.7 Å². The summed E-state index contributed by atoms with van der Waals surface area (Å²) in [6, 6.07) is 8.38. The smallest absolute Gasteiger partial charge is 0.147 e. The molecule has 0 heterocycles. The van der Waals surface area contributed by atoms with Crippen LogP contribution in [0.15, 0.2) is 45.9 Å². The van der Waals surface area contributed by atoms with E-state index in [9.17, 15) is 0 Å². The summed E-state index contributed by atoms with van der Waals surface area (Å²) in [6.45, 7) is 6.40. The number of allylic oxidation sites excluding steroid dienone is 4. The Morgan fingerprint density at radius 3 is 2.30 bits per heavy atom. The molecule has 0 aromatic heterocycles. The van der Waals surface area contributed by atoms with E-state index < -0.39 is 0 Å². The Bertz CT molecular complexity index is 495. The van der Waals surface area contributed by atoms with E-state index in [-0.39, 0.29) is 30.9 Å². The molecule has 20 heavy (non-hydrogen) atoms. The van der Waals surface area contributed by atoms with Gasteiger partial charge in [-0.3, -0.25) is 0 Å².